The largest absolute Gasteiger partial charge is 0.469 e. The van der Waals surface area contributed by atoms with E-state index in [9.17, 15) is 9.59 Å². The number of carbonyl (C=O) groups is 2. The van der Waals surface area contributed by atoms with Gasteiger partial charge in [-0.05, 0) is 28.9 Å². The summed E-state index contributed by atoms with van der Waals surface area (Å²) in [6, 6.07) is 1.86. The van der Waals surface area contributed by atoms with Gasteiger partial charge in [0, 0.05) is 9.35 Å². The quantitative estimate of drug-likeness (QED) is 0.484. The predicted octanol–water partition coefficient (Wildman–Crippen LogP) is 2.56. The highest BCUT2D eigenvalue weighted by molar-refractivity contribution is 9.10. The fourth-order valence-corrected chi connectivity index (χ4v) is 2.76. The van der Waals surface area contributed by atoms with E-state index in [1.54, 1.807) is 0 Å². The van der Waals surface area contributed by atoms with Crippen LogP contribution in [-0.2, 0) is 9.53 Å². The Morgan fingerprint density at radius 1 is 1.57 bits per heavy atom. The summed E-state index contributed by atoms with van der Waals surface area (Å²) in [7, 11) is 1.27. The molecule has 1 aromatic heterocycles. The second-order valence-corrected chi connectivity index (χ2v) is 4.82. The topological polar surface area (TPSA) is 43.4 Å². The molecule has 0 aliphatic carbocycles. The van der Waals surface area contributed by atoms with Crippen LogP contribution in [0.15, 0.2) is 10.5 Å². The molecule has 0 atom stereocenters. The lowest BCUT2D eigenvalue weighted by atomic mass is 10.2. The molecule has 0 spiro atoms. The van der Waals surface area contributed by atoms with Crippen molar-refractivity contribution in [2.24, 2.45) is 0 Å². The van der Waals surface area contributed by atoms with Gasteiger partial charge < -0.3 is 4.74 Å². The highest BCUT2D eigenvalue weighted by Gasteiger charge is 2.16. The minimum absolute atomic E-state index is 0.199. The van der Waals surface area contributed by atoms with E-state index in [1.807, 2.05) is 13.0 Å². The molecule has 0 radical (unpaired) electrons. The average Bonchev–Trinajstić information content (AvgIpc) is 2.45. The molecule has 1 heterocycles. The van der Waals surface area contributed by atoms with Crippen molar-refractivity contribution in [3.63, 3.8) is 0 Å². The van der Waals surface area contributed by atoms with E-state index in [2.05, 4.69) is 20.7 Å². The summed E-state index contributed by atoms with van der Waals surface area (Å²) < 4.78 is 5.16. The van der Waals surface area contributed by atoms with Crippen molar-refractivity contribution in [1.29, 1.82) is 0 Å². The first-order valence-electron chi connectivity index (χ1n) is 3.90. The van der Waals surface area contributed by atoms with Gasteiger partial charge >= 0.3 is 5.97 Å². The molecule has 0 fully saturated rings. The molecule has 0 aliphatic rings. The van der Waals surface area contributed by atoms with Crippen LogP contribution in [-0.4, -0.2) is 18.9 Å². The smallest absolute Gasteiger partial charge is 0.313 e. The summed E-state index contributed by atoms with van der Waals surface area (Å²) in [5, 5.41) is 0. The molecule has 0 aromatic carbocycles. The first kappa shape index (κ1) is 11.4. The van der Waals surface area contributed by atoms with Crippen LogP contribution in [0.1, 0.15) is 21.0 Å². The Morgan fingerprint density at radius 2 is 2.21 bits per heavy atom. The van der Waals surface area contributed by atoms with Crippen LogP contribution in [0.4, 0.5) is 0 Å². The van der Waals surface area contributed by atoms with E-state index < -0.39 is 5.97 Å². The molecule has 0 bridgehead atoms. The maximum atomic E-state index is 11.5. The number of rotatable bonds is 3. The molecule has 0 amide bonds. The zero-order valence-electron chi connectivity index (χ0n) is 7.80. The van der Waals surface area contributed by atoms with E-state index in [-0.39, 0.29) is 12.2 Å². The fourth-order valence-electron chi connectivity index (χ4n) is 0.957. The summed E-state index contributed by atoms with van der Waals surface area (Å²) in [5.74, 6) is -0.713. The van der Waals surface area contributed by atoms with Crippen LogP contribution in [0.3, 0.4) is 0 Å². The minimum Gasteiger partial charge on any atom is -0.469 e. The molecule has 0 N–H and O–H groups in total. The van der Waals surface area contributed by atoms with Crippen LogP contribution in [0.25, 0.3) is 0 Å². The number of hydrogen-bond donors (Lipinski definition) is 0. The van der Waals surface area contributed by atoms with Crippen molar-refractivity contribution in [3.8, 4) is 0 Å². The van der Waals surface area contributed by atoms with Crippen molar-refractivity contribution in [3.05, 3.63) is 20.3 Å². The molecule has 1 rings (SSSR count). The number of thiophene rings is 1. The second kappa shape index (κ2) is 4.70. The van der Waals surface area contributed by atoms with Crippen LogP contribution in [0, 0.1) is 6.92 Å². The summed E-state index contributed by atoms with van der Waals surface area (Å²) in [6.45, 7) is 1.91. The van der Waals surface area contributed by atoms with Crippen LogP contribution in [0.2, 0.25) is 0 Å². The Morgan fingerprint density at radius 3 is 2.64 bits per heavy atom. The normalized spacial score (nSPS) is 9.93. The number of halogens is 1. The maximum absolute atomic E-state index is 11.5. The first-order valence-corrected chi connectivity index (χ1v) is 5.51. The van der Waals surface area contributed by atoms with Crippen molar-refractivity contribution in [1.82, 2.24) is 0 Å². The zero-order valence-corrected chi connectivity index (χ0v) is 10.2. The summed E-state index contributed by atoms with van der Waals surface area (Å²) in [6.07, 6.45) is -0.199. The van der Waals surface area contributed by atoms with E-state index in [0.717, 1.165) is 9.35 Å². The van der Waals surface area contributed by atoms with Crippen LogP contribution >= 0.6 is 27.3 Å². The lowest BCUT2D eigenvalue weighted by Crippen LogP contribution is -2.08. The lowest BCUT2D eigenvalue weighted by molar-refractivity contribution is -0.139. The van der Waals surface area contributed by atoms with Crippen molar-refractivity contribution in [2.75, 3.05) is 7.11 Å². The number of carbonyl (C=O) groups excluding carboxylic acids is 2. The SMILES string of the molecule is COC(=O)CC(=O)c1sc(C)cc1Br. The van der Waals surface area contributed by atoms with Crippen molar-refractivity contribution < 1.29 is 14.3 Å². The predicted molar refractivity (Wildman–Crippen MR) is 57.7 cm³/mol. The van der Waals surface area contributed by atoms with Gasteiger partial charge in [0.05, 0.1) is 12.0 Å². The third-order valence-corrected chi connectivity index (χ3v) is 3.58. The van der Waals surface area contributed by atoms with E-state index in [4.69, 9.17) is 0 Å². The Labute approximate surface area is 94.2 Å². The van der Waals surface area contributed by atoms with Gasteiger partial charge in [0.1, 0.15) is 6.42 Å². The van der Waals surface area contributed by atoms with Crippen molar-refractivity contribution in [2.45, 2.75) is 13.3 Å². The van der Waals surface area contributed by atoms with Crippen LogP contribution < -0.4 is 0 Å². The molecule has 0 saturated heterocycles. The molecular weight excluding hydrogens is 268 g/mol. The van der Waals surface area contributed by atoms with E-state index in [1.165, 1.54) is 18.4 Å². The molecular formula is C9H9BrO3S. The molecule has 0 saturated carbocycles. The van der Waals surface area contributed by atoms with Gasteiger partial charge in [-0.25, -0.2) is 0 Å². The van der Waals surface area contributed by atoms with Gasteiger partial charge in [-0.3, -0.25) is 9.59 Å². The Hall–Kier alpha value is -0.680. The number of hydrogen-bond acceptors (Lipinski definition) is 4. The van der Waals surface area contributed by atoms with E-state index >= 15 is 0 Å². The van der Waals surface area contributed by atoms with Gasteiger partial charge in [-0.2, -0.15) is 0 Å². The molecule has 3 nitrogen and oxygen atoms in total. The third kappa shape index (κ3) is 2.65. The standard InChI is InChI=1S/C9H9BrO3S/c1-5-3-6(10)9(14-5)7(11)4-8(12)13-2/h3H,4H2,1-2H3. The third-order valence-electron chi connectivity index (χ3n) is 1.60. The number of ketones is 1. The monoisotopic (exact) mass is 276 g/mol. The lowest BCUT2D eigenvalue weighted by Gasteiger charge is -1.97. The first-order chi connectivity index (χ1) is 6.54. The number of aryl methyl sites for hydroxylation is 1. The molecule has 14 heavy (non-hydrogen) atoms. The zero-order chi connectivity index (χ0) is 10.7. The molecule has 0 unspecified atom stereocenters. The van der Waals surface area contributed by atoms with Gasteiger partial charge in [-0.15, -0.1) is 11.3 Å². The number of methoxy groups -OCH3 is 1. The maximum Gasteiger partial charge on any atom is 0.313 e. The van der Waals surface area contributed by atoms with Gasteiger partial charge in [-0.1, -0.05) is 0 Å². The number of esters is 1. The summed E-state index contributed by atoms with van der Waals surface area (Å²) in [5.41, 5.74) is 0. The molecule has 76 valence electrons. The molecule has 0 aliphatic heterocycles. The highest BCUT2D eigenvalue weighted by atomic mass is 79.9. The van der Waals surface area contributed by atoms with E-state index in [0.29, 0.717) is 4.88 Å². The minimum atomic E-state index is -0.507. The van der Waals surface area contributed by atoms with Crippen LogP contribution in [0.5, 0.6) is 0 Å². The Bertz CT molecular complexity index is 370. The van der Waals surface area contributed by atoms with Gasteiger partial charge in [0.15, 0.2) is 5.78 Å². The Kier molecular flexibility index (Phi) is 3.83. The second-order valence-electron chi connectivity index (χ2n) is 2.71. The molecule has 1 aromatic rings. The Balaban J connectivity index is 2.79. The van der Waals surface area contributed by atoms with Crippen molar-refractivity contribution >= 4 is 39.0 Å². The number of ether oxygens (including phenoxy) is 1. The summed E-state index contributed by atoms with van der Waals surface area (Å²) >= 11 is 4.64. The van der Waals surface area contributed by atoms with Gasteiger partial charge in [0.25, 0.3) is 0 Å². The highest BCUT2D eigenvalue weighted by Crippen LogP contribution is 2.27. The fraction of sp³-hybridized carbons (Fsp3) is 0.333. The van der Waals surface area contributed by atoms with Gasteiger partial charge in [0.2, 0.25) is 0 Å². The average molecular weight is 277 g/mol. The molecule has 5 heteroatoms. The number of Topliss-reactive ketones (excluding diaryl/α,β-unsaturated/α-hetero) is 1. The summed E-state index contributed by atoms with van der Waals surface area (Å²) in [4.78, 5) is 24.0.